The lowest BCUT2D eigenvalue weighted by atomic mass is 9.76. The number of β-amino-alcohol motifs (C(OH)–C–C–N with tert-alkyl or cyclic N) is 1. The molecule has 2 aromatic carbocycles. The molecule has 276 valence electrons. The monoisotopic (exact) mass is 750 g/mol. The number of benzene rings is 2. The van der Waals surface area contributed by atoms with Gasteiger partial charge in [-0.15, -0.1) is 11.6 Å². The standard InChI is InChI=1S/C39H44Cl2N4O7/c1-37(25-46,36(48)49)44-22-30-17-33(40)35(18-34(30)50-24-28-16-27(19-42)20-43-21-28)51-26-39(52-15-7-13-45-14-11-31(47)23-45)12-6-10-32(38(39,2)41)29-8-4-3-5-9-29/h3-6,8-10,12,16-18,20-21,31,44,46-47H,7,11,13-15,22-26H2,1-2H3,(H,48,49)/t31-,37?,38?,39?/m1/s1. The van der Waals surface area contributed by atoms with Crippen LogP contribution in [0.5, 0.6) is 11.5 Å². The summed E-state index contributed by atoms with van der Waals surface area (Å²) in [6, 6.07) is 16.8. The summed E-state index contributed by atoms with van der Waals surface area (Å²) in [4.78, 5) is 17.1. The van der Waals surface area contributed by atoms with E-state index in [1.165, 1.54) is 13.1 Å². The molecular formula is C39H44Cl2N4O7. The Bertz CT molecular complexity index is 1820. The number of carboxylic acids is 1. The van der Waals surface area contributed by atoms with Crippen LogP contribution in [0.15, 0.2) is 79.2 Å². The molecule has 13 heteroatoms. The summed E-state index contributed by atoms with van der Waals surface area (Å²) >= 11 is 14.3. The first kappa shape index (κ1) is 39.2. The largest absolute Gasteiger partial charge is 0.488 e. The minimum atomic E-state index is -1.62. The lowest BCUT2D eigenvalue weighted by molar-refractivity contribution is -0.145. The quantitative estimate of drug-likeness (QED) is 0.104. The summed E-state index contributed by atoms with van der Waals surface area (Å²) in [5, 5.41) is 41.9. The number of nitriles is 1. The number of aromatic nitrogens is 1. The second kappa shape index (κ2) is 17.2. The Hall–Kier alpha value is -3.99. The van der Waals surface area contributed by atoms with Gasteiger partial charge < -0.3 is 34.4 Å². The fourth-order valence-electron chi connectivity index (χ4n) is 6.21. The number of hydrogen-bond donors (Lipinski definition) is 4. The minimum Gasteiger partial charge on any atom is -0.488 e. The van der Waals surface area contributed by atoms with E-state index >= 15 is 0 Å². The van der Waals surface area contributed by atoms with E-state index in [9.17, 15) is 25.4 Å². The third-order valence-electron chi connectivity index (χ3n) is 9.57. The van der Waals surface area contributed by atoms with Gasteiger partial charge in [-0.2, -0.15) is 5.26 Å². The molecule has 0 spiro atoms. The first-order valence-electron chi connectivity index (χ1n) is 17.1. The highest BCUT2D eigenvalue weighted by Crippen LogP contribution is 2.47. The zero-order valence-corrected chi connectivity index (χ0v) is 30.7. The number of carboxylic acid groups (broad SMARTS) is 1. The Kier molecular flexibility index (Phi) is 13.0. The molecule has 2 aliphatic rings. The van der Waals surface area contributed by atoms with Crippen LogP contribution in [0.4, 0.5) is 0 Å². The Morgan fingerprint density at radius 2 is 1.98 bits per heavy atom. The second-order valence-electron chi connectivity index (χ2n) is 13.5. The number of hydrogen-bond acceptors (Lipinski definition) is 10. The van der Waals surface area contributed by atoms with Gasteiger partial charge in [-0.25, -0.2) is 0 Å². The fraction of sp³-hybridized carbons (Fsp3) is 0.410. The van der Waals surface area contributed by atoms with Crippen LogP contribution in [0.25, 0.3) is 5.57 Å². The van der Waals surface area contributed by atoms with Crippen molar-refractivity contribution in [3.8, 4) is 17.6 Å². The van der Waals surface area contributed by atoms with Gasteiger partial charge in [-0.05, 0) is 56.0 Å². The molecule has 5 rings (SSSR count). The number of carbonyl (C=O) groups is 1. The summed E-state index contributed by atoms with van der Waals surface area (Å²) < 4.78 is 19.4. The number of nitrogens with zero attached hydrogens (tertiary/aromatic N) is 3. The topological polar surface area (TPSA) is 157 Å². The molecule has 3 aromatic rings. The Morgan fingerprint density at radius 3 is 2.67 bits per heavy atom. The van der Waals surface area contributed by atoms with E-state index in [4.69, 9.17) is 37.4 Å². The molecule has 4 N–H and O–H groups in total. The van der Waals surface area contributed by atoms with Crippen LogP contribution in [-0.4, -0.2) is 92.7 Å². The number of aliphatic carboxylic acids is 1. The van der Waals surface area contributed by atoms with E-state index in [0.29, 0.717) is 42.0 Å². The fourth-order valence-corrected chi connectivity index (χ4v) is 6.80. The van der Waals surface area contributed by atoms with Crippen LogP contribution in [-0.2, 0) is 22.7 Å². The SMILES string of the molecule is CC(CO)(NCc1cc(Cl)c(OCC2(OCCCN3CC[C@@H](O)C3)C=CC=C(c3ccccc3)C2(C)Cl)cc1OCc1cncc(C#N)c1)C(=O)O. The van der Waals surface area contributed by atoms with Crippen LogP contribution < -0.4 is 14.8 Å². The van der Waals surface area contributed by atoms with Crippen molar-refractivity contribution in [3.05, 3.63) is 106 Å². The third kappa shape index (κ3) is 9.14. The number of rotatable bonds is 17. The zero-order chi connectivity index (χ0) is 37.4. The molecule has 1 aromatic heterocycles. The van der Waals surface area contributed by atoms with Gasteiger partial charge in [0.15, 0.2) is 0 Å². The van der Waals surface area contributed by atoms with E-state index in [0.717, 1.165) is 30.6 Å². The molecule has 1 aliphatic heterocycles. The lowest BCUT2D eigenvalue weighted by Crippen LogP contribution is -2.55. The summed E-state index contributed by atoms with van der Waals surface area (Å²) in [6.07, 6.45) is 10.0. The van der Waals surface area contributed by atoms with Crippen molar-refractivity contribution >= 4 is 34.7 Å². The van der Waals surface area contributed by atoms with Gasteiger partial charge in [-0.3, -0.25) is 15.1 Å². The van der Waals surface area contributed by atoms with Crippen LogP contribution in [0, 0.1) is 11.3 Å². The highest BCUT2D eigenvalue weighted by Gasteiger charge is 2.51. The maximum atomic E-state index is 11.9. The summed E-state index contributed by atoms with van der Waals surface area (Å²) in [6.45, 7) is 5.28. The molecule has 1 saturated heterocycles. The average molecular weight is 752 g/mol. The highest BCUT2D eigenvalue weighted by molar-refractivity contribution is 6.32. The number of allylic oxidation sites excluding steroid dienone is 2. The maximum absolute atomic E-state index is 11.9. The molecule has 1 aliphatic carbocycles. The number of nitrogens with one attached hydrogen (secondary N) is 1. The maximum Gasteiger partial charge on any atom is 0.326 e. The predicted molar refractivity (Wildman–Crippen MR) is 198 cm³/mol. The highest BCUT2D eigenvalue weighted by atomic mass is 35.5. The molecular weight excluding hydrogens is 707 g/mol. The number of likely N-dealkylation sites (tertiary alicyclic amines) is 1. The first-order valence-corrected chi connectivity index (χ1v) is 17.9. The van der Waals surface area contributed by atoms with Crippen LogP contribution >= 0.6 is 23.2 Å². The smallest absolute Gasteiger partial charge is 0.326 e. The summed E-state index contributed by atoms with van der Waals surface area (Å²) in [5.74, 6) is -0.613. The van der Waals surface area contributed by atoms with E-state index < -0.39 is 28.6 Å². The number of halogens is 2. The molecule has 0 amide bonds. The molecule has 52 heavy (non-hydrogen) atoms. The molecule has 4 atom stereocenters. The van der Waals surface area contributed by atoms with Crippen molar-refractivity contribution in [2.24, 2.45) is 0 Å². The van der Waals surface area contributed by atoms with Crippen LogP contribution in [0.1, 0.15) is 48.9 Å². The van der Waals surface area contributed by atoms with Gasteiger partial charge in [-0.1, -0.05) is 54.1 Å². The number of aliphatic hydroxyl groups excluding tert-OH is 2. The average Bonchev–Trinajstić information content (AvgIpc) is 3.56. The predicted octanol–water partition coefficient (Wildman–Crippen LogP) is 5.35. The molecule has 0 saturated carbocycles. The van der Waals surface area contributed by atoms with Crippen molar-refractivity contribution in [1.82, 2.24) is 15.2 Å². The van der Waals surface area contributed by atoms with Gasteiger partial charge in [0, 0.05) is 62.4 Å². The first-order chi connectivity index (χ1) is 24.9. The third-order valence-corrected chi connectivity index (χ3v) is 10.4. The van der Waals surface area contributed by atoms with Crippen molar-refractivity contribution in [2.45, 2.75) is 62.0 Å². The lowest BCUT2D eigenvalue weighted by Gasteiger charge is -2.45. The number of pyridine rings is 1. The minimum absolute atomic E-state index is 0.00993. The van der Waals surface area contributed by atoms with E-state index in [-0.39, 0.29) is 36.6 Å². The van der Waals surface area contributed by atoms with Crippen molar-refractivity contribution < 1.29 is 34.3 Å². The van der Waals surface area contributed by atoms with Crippen molar-refractivity contribution in [1.29, 1.82) is 5.26 Å². The van der Waals surface area contributed by atoms with Crippen LogP contribution in [0.3, 0.4) is 0 Å². The number of aliphatic hydroxyl groups is 2. The molecule has 3 unspecified atom stereocenters. The summed E-state index contributed by atoms with van der Waals surface area (Å²) in [5.41, 5.74) is 0.568. The molecule has 2 heterocycles. The molecule has 11 nitrogen and oxygen atoms in total. The number of alkyl halides is 1. The number of ether oxygens (including phenoxy) is 3. The Labute approximate surface area is 314 Å². The Balaban J connectivity index is 1.42. The Morgan fingerprint density at radius 1 is 1.19 bits per heavy atom. The van der Waals surface area contributed by atoms with E-state index in [2.05, 4.69) is 21.3 Å². The van der Waals surface area contributed by atoms with Crippen molar-refractivity contribution in [3.63, 3.8) is 0 Å². The van der Waals surface area contributed by atoms with Crippen molar-refractivity contribution in [2.75, 3.05) is 39.5 Å². The molecule has 0 bridgehead atoms. The van der Waals surface area contributed by atoms with Gasteiger partial charge in [0.05, 0.1) is 23.3 Å². The normalized spacial score (nSPS) is 22.7. The second-order valence-corrected chi connectivity index (χ2v) is 14.6. The zero-order valence-electron chi connectivity index (χ0n) is 29.2. The van der Waals surface area contributed by atoms with Gasteiger partial charge >= 0.3 is 5.97 Å². The molecule has 1 fully saturated rings. The van der Waals surface area contributed by atoms with Gasteiger partial charge in [0.25, 0.3) is 0 Å². The summed E-state index contributed by atoms with van der Waals surface area (Å²) in [7, 11) is 0. The van der Waals surface area contributed by atoms with Gasteiger partial charge in [0.2, 0.25) is 0 Å². The van der Waals surface area contributed by atoms with Crippen LogP contribution in [0.2, 0.25) is 5.02 Å². The van der Waals surface area contributed by atoms with Gasteiger partial charge in [0.1, 0.15) is 46.8 Å². The van der Waals surface area contributed by atoms with E-state index in [1.807, 2.05) is 55.5 Å². The van der Waals surface area contributed by atoms with E-state index in [1.54, 1.807) is 24.4 Å². The molecule has 0 radical (unpaired) electrons.